The summed E-state index contributed by atoms with van der Waals surface area (Å²) >= 11 is 1.28. The molecule has 4 aromatic rings. The van der Waals surface area contributed by atoms with Crippen molar-refractivity contribution in [2.45, 2.75) is 10.3 Å². The molecule has 0 bridgehead atoms. The van der Waals surface area contributed by atoms with E-state index in [0.717, 1.165) is 5.56 Å². The molecule has 8 heteroatoms. The van der Waals surface area contributed by atoms with Gasteiger partial charge in [-0.05, 0) is 29.8 Å². The Morgan fingerprint density at radius 3 is 2.57 bits per heavy atom. The van der Waals surface area contributed by atoms with E-state index in [1.165, 1.54) is 37.3 Å². The molecule has 28 heavy (non-hydrogen) atoms. The first-order chi connectivity index (χ1) is 13.7. The topological polar surface area (TPSA) is 69.9 Å². The molecule has 2 aromatic carbocycles. The average molecular weight is 394 g/mol. The second kappa shape index (κ2) is 7.77. The Morgan fingerprint density at radius 2 is 1.86 bits per heavy atom. The van der Waals surface area contributed by atoms with E-state index in [0.29, 0.717) is 21.7 Å². The maximum atomic E-state index is 13.2. The third kappa shape index (κ3) is 3.46. The normalized spacial score (nSPS) is 12.1. The molecule has 0 radical (unpaired) electrons. The van der Waals surface area contributed by atoms with Crippen molar-refractivity contribution in [1.29, 1.82) is 0 Å². The van der Waals surface area contributed by atoms with E-state index in [2.05, 4.69) is 15.1 Å². The van der Waals surface area contributed by atoms with Crippen LogP contribution in [-0.2, 0) is 9.53 Å². The Morgan fingerprint density at radius 1 is 1.11 bits per heavy atom. The van der Waals surface area contributed by atoms with E-state index >= 15 is 0 Å². The molecule has 0 saturated carbocycles. The highest BCUT2D eigenvalue weighted by Crippen LogP contribution is 2.38. The van der Waals surface area contributed by atoms with Crippen LogP contribution in [0.4, 0.5) is 4.39 Å². The quantitative estimate of drug-likeness (QED) is 0.290. The fraction of sp³-hybridized carbons (Fsp3) is 0.100. The van der Waals surface area contributed by atoms with Gasteiger partial charge >= 0.3 is 5.97 Å². The molecular weight excluding hydrogens is 379 g/mol. The predicted molar refractivity (Wildman–Crippen MR) is 104 cm³/mol. The standard InChI is InChI=1S/C20H15FN4O2S/c1-27-20(26)17(13-5-3-2-4-6-13)28-19-16-11-24-25(18(16)22-12-23-19)15-9-7-14(21)8-10-15/h2-12,17H,1H3. The fourth-order valence-electron chi connectivity index (χ4n) is 2.79. The lowest BCUT2D eigenvalue weighted by atomic mass is 10.1. The van der Waals surface area contributed by atoms with E-state index < -0.39 is 5.25 Å². The molecule has 6 nitrogen and oxygen atoms in total. The highest BCUT2D eigenvalue weighted by molar-refractivity contribution is 8.00. The number of nitrogens with zero attached hydrogens (tertiary/aromatic N) is 4. The van der Waals surface area contributed by atoms with Gasteiger partial charge in [0.15, 0.2) is 5.65 Å². The number of carbonyl (C=O) groups excluding carboxylic acids is 1. The molecule has 0 spiro atoms. The molecule has 1 unspecified atom stereocenters. The number of thioether (sulfide) groups is 1. The molecule has 140 valence electrons. The molecule has 0 aliphatic carbocycles. The minimum absolute atomic E-state index is 0.324. The lowest BCUT2D eigenvalue weighted by Crippen LogP contribution is -2.11. The maximum Gasteiger partial charge on any atom is 0.323 e. The maximum absolute atomic E-state index is 13.2. The summed E-state index contributed by atoms with van der Waals surface area (Å²) in [6, 6.07) is 15.3. The number of rotatable bonds is 5. The van der Waals surface area contributed by atoms with Crippen LogP contribution in [0, 0.1) is 5.82 Å². The smallest absolute Gasteiger partial charge is 0.323 e. The van der Waals surface area contributed by atoms with Crippen molar-refractivity contribution in [3.63, 3.8) is 0 Å². The number of halogens is 1. The fourth-order valence-corrected chi connectivity index (χ4v) is 3.87. The number of carbonyl (C=O) groups is 1. The molecule has 0 saturated heterocycles. The Hall–Kier alpha value is -3.26. The van der Waals surface area contributed by atoms with Gasteiger partial charge in [0, 0.05) is 0 Å². The van der Waals surface area contributed by atoms with Crippen LogP contribution in [0.1, 0.15) is 10.8 Å². The summed E-state index contributed by atoms with van der Waals surface area (Å²) in [5.74, 6) is -0.691. The number of fused-ring (bicyclic) bond motifs is 1. The minimum atomic E-state index is -0.571. The number of methoxy groups -OCH3 is 1. The summed E-state index contributed by atoms with van der Waals surface area (Å²) in [5.41, 5.74) is 2.07. The van der Waals surface area contributed by atoms with Crippen LogP contribution in [0.5, 0.6) is 0 Å². The molecule has 0 N–H and O–H groups in total. The zero-order valence-corrected chi connectivity index (χ0v) is 15.6. The number of aromatic nitrogens is 4. The lowest BCUT2D eigenvalue weighted by Gasteiger charge is -2.14. The van der Waals surface area contributed by atoms with Crippen molar-refractivity contribution < 1.29 is 13.9 Å². The Balaban J connectivity index is 1.74. The zero-order chi connectivity index (χ0) is 19.5. The van der Waals surface area contributed by atoms with Crippen LogP contribution in [0.2, 0.25) is 0 Å². The van der Waals surface area contributed by atoms with Crippen molar-refractivity contribution in [3.8, 4) is 5.69 Å². The molecule has 2 aromatic heterocycles. The van der Waals surface area contributed by atoms with Crippen LogP contribution in [-0.4, -0.2) is 32.8 Å². The number of hydrogen-bond acceptors (Lipinski definition) is 6. The van der Waals surface area contributed by atoms with Crippen LogP contribution in [0.15, 0.2) is 72.1 Å². The monoisotopic (exact) mass is 394 g/mol. The predicted octanol–water partition coefficient (Wildman–Crippen LogP) is 3.96. The van der Waals surface area contributed by atoms with Crippen molar-refractivity contribution in [3.05, 3.63) is 78.5 Å². The molecule has 0 fully saturated rings. The van der Waals surface area contributed by atoms with Gasteiger partial charge in [-0.2, -0.15) is 5.10 Å². The number of benzene rings is 2. The molecule has 0 aliphatic heterocycles. The average Bonchev–Trinajstić information content (AvgIpc) is 3.17. The Kier molecular flexibility index (Phi) is 5.03. The van der Waals surface area contributed by atoms with E-state index in [9.17, 15) is 9.18 Å². The summed E-state index contributed by atoms with van der Waals surface area (Å²) in [6.07, 6.45) is 3.06. The van der Waals surface area contributed by atoms with Gasteiger partial charge in [0.05, 0.1) is 24.4 Å². The van der Waals surface area contributed by atoms with E-state index in [4.69, 9.17) is 4.74 Å². The summed E-state index contributed by atoms with van der Waals surface area (Å²) in [6.45, 7) is 0. The van der Waals surface area contributed by atoms with Gasteiger partial charge in [0.25, 0.3) is 0 Å². The van der Waals surface area contributed by atoms with Crippen LogP contribution >= 0.6 is 11.8 Å². The van der Waals surface area contributed by atoms with Gasteiger partial charge in [0.1, 0.15) is 22.4 Å². The van der Waals surface area contributed by atoms with E-state index in [1.807, 2.05) is 30.3 Å². The first kappa shape index (κ1) is 18.1. The van der Waals surface area contributed by atoms with Gasteiger partial charge in [-0.1, -0.05) is 42.1 Å². The van der Waals surface area contributed by atoms with Crippen molar-refractivity contribution in [2.75, 3.05) is 7.11 Å². The molecule has 2 heterocycles. The molecule has 0 amide bonds. The number of hydrogen-bond donors (Lipinski definition) is 0. The summed E-state index contributed by atoms with van der Waals surface area (Å²) in [7, 11) is 1.36. The van der Waals surface area contributed by atoms with Crippen molar-refractivity contribution >= 4 is 28.8 Å². The van der Waals surface area contributed by atoms with Gasteiger partial charge in [0.2, 0.25) is 0 Å². The second-order valence-electron chi connectivity index (χ2n) is 5.88. The first-order valence-corrected chi connectivity index (χ1v) is 9.29. The van der Waals surface area contributed by atoms with Crippen molar-refractivity contribution in [2.24, 2.45) is 0 Å². The van der Waals surface area contributed by atoms with E-state index in [-0.39, 0.29) is 11.8 Å². The summed E-state index contributed by atoms with van der Waals surface area (Å²) in [4.78, 5) is 21.0. The Bertz CT molecular complexity index is 1120. The first-order valence-electron chi connectivity index (χ1n) is 8.41. The largest absolute Gasteiger partial charge is 0.468 e. The zero-order valence-electron chi connectivity index (χ0n) is 14.8. The minimum Gasteiger partial charge on any atom is -0.468 e. The van der Waals surface area contributed by atoms with Gasteiger partial charge in [-0.25, -0.2) is 19.0 Å². The lowest BCUT2D eigenvalue weighted by molar-refractivity contribution is -0.140. The summed E-state index contributed by atoms with van der Waals surface area (Å²) < 4.78 is 19.8. The molecular formula is C20H15FN4O2S. The third-order valence-electron chi connectivity index (χ3n) is 4.15. The second-order valence-corrected chi connectivity index (χ2v) is 6.97. The highest BCUT2D eigenvalue weighted by Gasteiger charge is 2.25. The van der Waals surface area contributed by atoms with Crippen molar-refractivity contribution in [1.82, 2.24) is 19.7 Å². The molecule has 4 rings (SSSR count). The van der Waals surface area contributed by atoms with Crippen LogP contribution in [0.3, 0.4) is 0 Å². The van der Waals surface area contributed by atoms with Crippen LogP contribution < -0.4 is 0 Å². The number of esters is 1. The molecule has 0 aliphatic rings. The summed E-state index contributed by atoms with van der Waals surface area (Å²) in [5, 5.41) is 5.10. The number of ether oxygens (including phenoxy) is 1. The van der Waals surface area contributed by atoms with Gasteiger partial charge in [-0.15, -0.1) is 0 Å². The SMILES string of the molecule is COC(=O)C(Sc1ncnc2c1cnn2-c1ccc(F)cc1)c1ccccc1. The Labute approximate surface area is 164 Å². The van der Waals surface area contributed by atoms with Gasteiger partial charge in [-0.3, -0.25) is 4.79 Å². The van der Waals surface area contributed by atoms with Gasteiger partial charge < -0.3 is 4.74 Å². The molecule has 1 atom stereocenters. The highest BCUT2D eigenvalue weighted by atomic mass is 32.2. The van der Waals surface area contributed by atoms with E-state index in [1.54, 1.807) is 23.0 Å². The third-order valence-corrected chi connectivity index (χ3v) is 5.40. The van der Waals surface area contributed by atoms with Crippen LogP contribution in [0.25, 0.3) is 16.7 Å².